The van der Waals surface area contributed by atoms with E-state index in [1.807, 2.05) is 12.1 Å². The van der Waals surface area contributed by atoms with E-state index in [2.05, 4.69) is 240 Å². The monoisotopic (exact) mass is 832 g/mol. The summed E-state index contributed by atoms with van der Waals surface area (Å²) >= 11 is 0. The standard InChI is InChI=1S/C61H40N2O2/c1-4-19-43(20-5-1)62(44-21-6-2-7-22-44)47-35-37-51-52-38-36-48(63(45-23-8-3-9-24-45)46-33-31-42(32-34-46)50-27-16-18-41-17-10-11-25-49(41)50)40-56(52)61(55(51)39-47)54-28-13-15-30-58(54)64-59-53-26-12-14-29-57(53)65-60(59)61/h1-40H. The number of furan rings is 1. The average molecular weight is 833 g/mol. The quantitative estimate of drug-likeness (QED) is 0.160. The van der Waals surface area contributed by atoms with Crippen LogP contribution < -0.4 is 14.5 Å². The van der Waals surface area contributed by atoms with Crippen LogP contribution in [0.25, 0.3) is 44.0 Å². The van der Waals surface area contributed by atoms with E-state index >= 15 is 0 Å². The van der Waals surface area contributed by atoms with Gasteiger partial charge in [0.15, 0.2) is 11.5 Å². The molecule has 13 rings (SSSR count). The van der Waals surface area contributed by atoms with Crippen molar-refractivity contribution in [3.63, 3.8) is 0 Å². The van der Waals surface area contributed by atoms with Gasteiger partial charge in [-0.15, -0.1) is 0 Å². The van der Waals surface area contributed by atoms with Gasteiger partial charge in [-0.2, -0.15) is 0 Å². The van der Waals surface area contributed by atoms with Crippen molar-refractivity contribution in [1.82, 2.24) is 0 Å². The first-order valence-corrected chi connectivity index (χ1v) is 22.2. The van der Waals surface area contributed by atoms with Crippen LogP contribution in [0, 0.1) is 0 Å². The number of benzene rings is 10. The highest BCUT2D eigenvalue weighted by Gasteiger charge is 2.55. The number of para-hydroxylation sites is 5. The van der Waals surface area contributed by atoms with Gasteiger partial charge in [0.1, 0.15) is 16.7 Å². The van der Waals surface area contributed by atoms with Crippen LogP contribution >= 0.6 is 0 Å². The van der Waals surface area contributed by atoms with Gasteiger partial charge in [-0.1, -0.05) is 152 Å². The predicted octanol–water partition coefficient (Wildman–Crippen LogP) is 16.7. The minimum absolute atomic E-state index is 0.751. The highest BCUT2D eigenvalue weighted by Crippen LogP contribution is 2.65. The summed E-state index contributed by atoms with van der Waals surface area (Å²) in [5.41, 5.74) is 14.3. The zero-order valence-electron chi connectivity index (χ0n) is 35.3. The summed E-state index contributed by atoms with van der Waals surface area (Å²) in [5, 5.41) is 3.42. The summed E-state index contributed by atoms with van der Waals surface area (Å²) in [6, 6.07) is 86.7. The second kappa shape index (κ2) is 14.8. The number of ether oxygens (including phenoxy) is 1. The molecule has 0 radical (unpaired) electrons. The second-order valence-corrected chi connectivity index (χ2v) is 16.8. The van der Waals surface area contributed by atoms with Crippen molar-refractivity contribution >= 4 is 55.9 Å². The van der Waals surface area contributed by atoms with Crippen LogP contribution in [0.2, 0.25) is 0 Å². The third-order valence-corrected chi connectivity index (χ3v) is 13.3. The van der Waals surface area contributed by atoms with E-state index in [0.717, 1.165) is 90.2 Å². The fourth-order valence-electron chi connectivity index (χ4n) is 10.5. The lowest BCUT2D eigenvalue weighted by molar-refractivity contribution is 0.389. The Bertz CT molecular complexity index is 3540. The van der Waals surface area contributed by atoms with Gasteiger partial charge >= 0.3 is 0 Å². The molecule has 0 amide bonds. The van der Waals surface area contributed by atoms with Gasteiger partial charge in [-0.25, -0.2) is 0 Å². The molecule has 306 valence electrons. The summed E-state index contributed by atoms with van der Waals surface area (Å²) in [7, 11) is 0. The second-order valence-electron chi connectivity index (χ2n) is 16.8. The van der Waals surface area contributed by atoms with E-state index in [1.54, 1.807) is 0 Å². The average Bonchev–Trinajstić information content (AvgIpc) is 3.88. The van der Waals surface area contributed by atoms with Gasteiger partial charge in [0, 0.05) is 39.7 Å². The molecular weight excluding hydrogens is 793 g/mol. The molecule has 0 saturated heterocycles. The van der Waals surface area contributed by atoms with Crippen molar-refractivity contribution < 1.29 is 9.15 Å². The topological polar surface area (TPSA) is 28.9 Å². The first-order valence-electron chi connectivity index (χ1n) is 22.2. The van der Waals surface area contributed by atoms with Crippen molar-refractivity contribution in [3.05, 3.63) is 265 Å². The van der Waals surface area contributed by atoms with Crippen LogP contribution in [-0.2, 0) is 5.41 Å². The van der Waals surface area contributed by atoms with Gasteiger partial charge in [0.05, 0.1) is 5.39 Å². The Morgan fingerprint density at radius 1 is 0.338 bits per heavy atom. The maximum absolute atomic E-state index is 7.17. The third kappa shape index (κ3) is 5.71. The van der Waals surface area contributed by atoms with Crippen LogP contribution in [0.3, 0.4) is 0 Å². The molecule has 0 N–H and O–H groups in total. The normalized spacial score (nSPS) is 14.3. The molecule has 4 heteroatoms. The van der Waals surface area contributed by atoms with Gasteiger partial charge in [0.2, 0.25) is 0 Å². The number of anilines is 6. The Hall–Kier alpha value is -8.60. The fourth-order valence-corrected chi connectivity index (χ4v) is 10.5. The summed E-state index contributed by atoms with van der Waals surface area (Å²) in [4.78, 5) is 4.71. The summed E-state index contributed by atoms with van der Waals surface area (Å²) < 4.78 is 14.1. The zero-order valence-corrected chi connectivity index (χ0v) is 35.3. The lowest BCUT2D eigenvalue weighted by Crippen LogP contribution is -2.31. The van der Waals surface area contributed by atoms with Gasteiger partial charge in [-0.05, 0) is 135 Å². The number of nitrogens with zero attached hydrogens (tertiary/aromatic N) is 2. The summed E-state index contributed by atoms with van der Waals surface area (Å²) in [6.45, 7) is 0. The molecule has 2 heterocycles. The largest absolute Gasteiger partial charge is 0.455 e. The molecule has 65 heavy (non-hydrogen) atoms. The molecule has 1 aromatic heterocycles. The van der Waals surface area contributed by atoms with E-state index in [4.69, 9.17) is 9.15 Å². The molecule has 10 aromatic carbocycles. The molecule has 1 unspecified atom stereocenters. The minimum atomic E-state index is -0.875. The molecule has 1 aliphatic heterocycles. The van der Waals surface area contributed by atoms with Crippen molar-refractivity contribution in [2.24, 2.45) is 0 Å². The van der Waals surface area contributed by atoms with E-state index < -0.39 is 5.41 Å². The summed E-state index contributed by atoms with van der Waals surface area (Å²) in [5.74, 6) is 2.34. The lowest BCUT2D eigenvalue weighted by Gasteiger charge is -2.37. The molecule has 11 aromatic rings. The highest BCUT2D eigenvalue weighted by atomic mass is 16.5. The Morgan fingerprint density at radius 2 is 0.831 bits per heavy atom. The lowest BCUT2D eigenvalue weighted by atomic mass is 9.68. The first-order chi connectivity index (χ1) is 32.2. The Morgan fingerprint density at radius 3 is 1.46 bits per heavy atom. The van der Waals surface area contributed by atoms with E-state index in [1.165, 1.54) is 21.9 Å². The van der Waals surface area contributed by atoms with Crippen molar-refractivity contribution in [2.75, 3.05) is 9.80 Å². The minimum Gasteiger partial charge on any atom is -0.455 e. The van der Waals surface area contributed by atoms with E-state index in [9.17, 15) is 0 Å². The van der Waals surface area contributed by atoms with E-state index in [0.29, 0.717) is 0 Å². The SMILES string of the molecule is c1ccc(N(c2ccccc2)c2ccc3c(c2)C2(c4ccccc4Oc4c2oc2ccccc42)c2cc(N(c4ccccc4)c4ccc(-c5cccc6ccccc56)cc4)ccc2-3)cc1. The zero-order chi connectivity index (χ0) is 42.9. The van der Waals surface area contributed by atoms with E-state index in [-0.39, 0.29) is 0 Å². The van der Waals surface area contributed by atoms with Crippen molar-refractivity contribution in [1.29, 1.82) is 0 Å². The molecule has 0 fully saturated rings. The van der Waals surface area contributed by atoms with Crippen molar-refractivity contribution in [3.8, 4) is 33.8 Å². The van der Waals surface area contributed by atoms with Crippen molar-refractivity contribution in [2.45, 2.75) is 5.41 Å². The molecule has 2 aliphatic rings. The number of fused-ring (bicyclic) bond motifs is 12. The van der Waals surface area contributed by atoms with Crippen LogP contribution in [-0.4, -0.2) is 0 Å². The van der Waals surface area contributed by atoms with Crippen LogP contribution in [0.5, 0.6) is 11.5 Å². The maximum Gasteiger partial charge on any atom is 0.178 e. The van der Waals surface area contributed by atoms with Gasteiger partial charge in [0.25, 0.3) is 0 Å². The number of hydrogen-bond acceptors (Lipinski definition) is 4. The number of hydrogen-bond donors (Lipinski definition) is 0. The predicted molar refractivity (Wildman–Crippen MR) is 266 cm³/mol. The molecule has 1 atom stereocenters. The van der Waals surface area contributed by atoms with Crippen LogP contribution in [0.1, 0.15) is 22.5 Å². The summed E-state index contributed by atoms with van der Waals surface area (Å²) in [6.07, 6.45) is 0. The molecule has 1 aliphatic carbocycles. The van der Waals surface area contributed by atoms with Crippen LogP contribution in [0.4, 0.5) is 34.1 Å². The van der Waals surface area contributed by atoms with Gasteiger partial charge < -0.3 is 19.0 Å². The number of rotatable bonds is 7. The Labute approximate surface area is 377 Å². The highest BCUT2D eigenvalue weighted by molar-refractivity contribution is 5.98. The maximum atomic E-state index is 7.17. The molecule has 1 spiro atoms. The molecular formula is C61H40N2O2. The third-order valence-electron chi connectivity index (χ3n) is 13.3. The molecule has 0 bridgehead atoms. The Balaban J connectivity index is 1.06. The molecule has 0 saturated carbocycles. The molecule has 4 nitrogen and oxygen atoms in total. The Kier molecular flexibility index (Phi) is 8.40. The fraction of sp³-hybridized carbons (Fsp3) is 0.0164. The first kappa shape index (κ1) is 37.0. The van der Waals surface area contributed by atoms with Crippen LogP contribution in [0.15, 0.2) is 247 Å². The smallest absolute Gasteiger partial charge is 0.178 e. The van der Waals surface area contributed by atoms with Gasteiger partial charge in [-0.3, -0.25) is 0 Å².